The molecule has 0 unspecified atom stereocenters. The summed E-state index contributed by atoms with van der Waals surface area (Å²) in [4.78, 5) is 0. The topological polar surface area (TPSA) is 121 Å². The summed E-state index contributed by atoms with van der Waals surface area (Å²) in [5.74, 6) is 0. The minimum absolute atomic E-state index is 0. The smallest absolute Gasteiger partial charge is 0.111 e. The van der Waals surface area contributed by atoms with Gasteiger partial charge in [0, 0.05) is 21.7 Å². The van der Waals surface area contributed by atoms with Crippen LogP contribution in [-0.4, -0.2) is 68.3 Å². The Bertz CT molecular complexity index is 110. The minimum atomic E-state index is -1.67. The molecule has 0 aliphatic heterocycles. The molecule has 0 aromatic heterocycles. The molecular formula is C6H14O6Ti. The van der Waals surface area contributed by atoms with Gasteiger partial charge in [-0.25, -0.2) is 0 Å². The number of hydrogen-bond donors (Lipinski definition) is 6. The number of rotatable bonds is 5. The monoisotopic (exact) mass is 230 g/mol. The van der Waals surface area contributed by atoms with Gasteiger partial charge in [-0.2, -0.15) is 0 Å². The van der Waals surface area contributed by atoms with Crippen molar-refractivity contribution in [3.8, 4) is 0 Å². The molecule has 0 heterocycles. The molecule has 78 valence electrons. The van der Waals surface area contributed by atoms with Gasteiger partial charge in [0.1, 0.15) is 24.4 Å². The van der Waals surface area contributed by atoms with Crippen molar-refractivity contribution < 1.29 is 52.4 Å². The largest absolute Gasteiger partial charge is 0.394 e. The molecule has 0 saturated heterocycles. The molecule has 0 aliphatic rings. The van der Waals surface area contributed by atoms with Crippen molar-refractivity contribution in [1.82, 2.24) is 0 Å². The normalized spacial score (nSPS) is 19.8. The van der Waals surface area contributed by atoms with E-state index >= 15 is 0 Å². The second kappa shape index (κ2) is 7.84. The van der Waals surface area contributed by atoms with Crippen molar-refractivity contribution in [3.63, 3.8) is 0 Å². The molecule has 0 fully saturated rings. The van der Waals surface area contributed by atoms with Crippen molar-refractivity contribution >= 4 is 0 Å². The summed E-state index contributed by atoms with van der Waals surface area (Å²) in [7, 11) is 0. The third kappa shape index (κ3) is 5.04. The summed E-state index contributed by atoms with van der Waals surface area (Å²) in [5.41, 5.74) is 0. The first kappa shape index (κ1) is 15.9. The fourth-order valence-electron chi connectivity index (χ4n) is 0.671. The van der Waals surface area contributed by atoms with Gasteiger partial charge in [-0.3, -0.25) is 0 Å². The van der Waals surface area contributed by atoms with Crippen LogP contribution >= 0.6 is 0 Å². The number of aliphatic hydroxyl groups is 6. The maximum absolute atomic E-state index is 8.96. The Balaban J connectivity index is 0. The standard InChI is InChI=1S/C6H14O6.Ti/c7-1-3(9)5(11)6(12)4(10)2-8;/h3-12H,1-2H2;/t3-,4+,5-,6-;/m1./s1. The Morgan fingerprint density at radius 1 is 0.692 bits per heavy atom. The van der Waals surface area contributed by atoms with Gasteiger partial charge in [0.25, 0.3) is 0 Å². The van der Waals surface area contributed by atoms with Gasteiger partial charge in [-0.1, -0.05) is 0 Å². The first-order valence-electron chi connectivity index (χ1n) is 3.48. The third-order valence-electron chi connectivity index (χ3n) is 1.51. The van der Waals surface area contributed by atoms with Crippen molar-refractivity contribution in [1.29, 1.82) is 0 Å². The van der Waals surface area contributed by atoms with Crippen LogP contribution in [0.25, 0.3) is 0 Å². The maximum atomic E-state index is 8.96. The fraction of sp³-hybridized carbons (Fsp3) is 1.00. The van der Waals surface area contributed by atoms with Crippen molar-refractivity contribution in [2.24, 2.45) is 0 Å². The van der Waals surface area contributed by atoms with E-state index in [-0.39, 0.29) is 21.7 Å². The molecule has 0 rings (SSSR count). The van der Waals surface area contributed by atoms with Crippen molar-refractivity contribution in [3.05, 3.63) is 0 Å². The van der Waals surface area contributed by atoms with Crippen LogP contribution in [0.2, 0.25) is 0 Å². The minimum Gasteiger partial charge on any atom is -0.394 e. The van der Waals surface area contributed by atoms with Gasteiger partial charge in [0.2, 0.25) is 0 Å². The zero-order chi connectivity index (χ0) is 9.72. The van der Waals surface area contributed by atoms with E-state index < -0.39 is 37.6 Å². The Morgan fingerprint density at radius 3 is 1.08 bits per heavy atom. The van der Waals surface area contributed by atoms with Gasteiger partial charge in [-0.15, -0.1) is 0 Å². The van der Waals surface area contributed by atoms with Crippen LogP contribution in [-0.2, 0) is 21.7 Å². The van der Waals surface area contributed by atoms with Crippen molar-refractivity contribution in [2.45, 2.75) is 24.4 Å². The molecule has 0 aromatic rings. The van der Waals surface area contributed by atoms with Crippen LogP contribution in [0.3, 0.4) is 0 Å². The molecule has 0 radical (unpaired) electrons. The summed E-state index contributed by atoms with van der Waals surface area (Å²) in [6, 6.07) is 0. The summed E-state index contributed by atoms with van der Waals surface area (Å²) in [5, 5.41) is 52.2. The van der Waals surface area contributed by atoms with E-state index in [1.807, 2.05) is 0 Å². The van der Waals surface area contributed by atoms with E-state index in [4.69, 9.17) is 30.6 Å². The van der Waals surface area contributed by atoms with Gasteiger partial charge in [0.15, 0.2) is 0 Å². The van der Waals surface area contributed by atoms with E-state index in [0.717, 1.165) is 0 Å². The fourth-order valence-corrected chi connectivity index (χ4v) is 0.671. The molecule has 0 spiro atoms. The molecule has 0 saturated carbocycles. The molecule has 6 nitrogen and oxygen atoms in total. The molecule has 4 atom stereocenters. The van der Waals surface area contributed by atoms with Crippen LogP contribution in [0.4, 0.5) is 0 Å². The Labute approximate surface area is 90.3 Å². The van der Waals surface area contributed by atoms with Crippen LogP contribution < -0.4 is 0 Å². The Morgan fingerprint density at radius 2 is 0.923 bits per heavy atom. The number of aliphatic hydroxyl groups excluding tert-OH is 6. The second-order valence-corrected chi connectivity index (χ2v) is 2.48. The first-order chi connectivity index (χ1) is 5.54. The Kier molecular flexibility index (Phi) is 9.60. The average Bonchev–Trinajstić information content (AvgIpc) is 2.12. The third-order valence-corrected chi connectivity index (χ3v) is 1.51. The van der Waals surface area contributed by atoms with E-state index in [2.05, 4.69) is 0 Å². The summed E-state index contributed by atoms with van der Waals surface area (Å²) < 4.78 is 0. The number of hydrogen-bond acceptors (Lipinski definition) is 6. The molecule has 0 bridgehead atoms. The van der Waals surface area contributed by atoms with Gasteiger partial charge >= 0.3 is 0 Å². The summed E-state index contributed by atoms with van der Waals surface area (Å²) in [6.45, 7) is -1.45. The van der Waals surface area contributed by atoms with Crippen LogP contribution in [0, 0.1) is 0 Å². The molecule has 6 N–H and O–H groups in total. The van der Waals surface area contributed by atoms with E-state index in [0.29, 0.717) is 0 Å². The zero-order valence-corrected chi connectivity index (χ0v) is 8.47. The predicted molar refractivity (Wildman–Crippen MR) is 38.2 cm³/mol. The van der Waals surface area contributed by atoms with Gasteiger partial charge in [0.05, 0.1) is 13.2 Å². The molecular weight excluding hydrogens is 216 g/mol. The second-order valence-electron chi connectivity index (χ2n) is 2.48. The average molecular weight is 230 g/mol. The molecule has 7 heteroatoms. The van der Waals surface area contributed by atoms with E-state index in [9.17, 15) is 0 Å². The Hall–Kier alpha value is 0.474. The maximum Gasteiger partial charge on any atom is 0.111 e. The van der Waals surface area contributed by atoms with Crippen molar-refractivity contribution in [2.75, 3.05) is 13.2 Å². The molecule has 0 aliphatic carbocycles. The summed E-state index contributed by atoms with van der Waals surface area (Å²) in [6.07, 6.45) is -6.39. The van der Waals surface area contributed by atoms with Gasteiger partial charge in [-0.05, 0) is 0 Å². The SMILES string of the molecule is OC[C@@H](O)[C@@H](O)[C@H](O)[C@@H](O)CO.[Ti]. The first-order valence-corrected chi connectivity index (χ1v) is 3.48. The van der Waals surface area contributed by atoms with Crippen LogP contribution in [0.1, 0.15) is 0 Å². The van der Waals surface area contributed by atoms with Crippen LogP contribution in [0.15, 0.2) is 0 Å². The molecule has 13 heavy (non-hydrogen) atoms. The summed E-state index contributed by atoms with van der Waals surface area (Å²) >= 11 is 0. The quantitative estimate of drug-likeness (QED) is 0.271. The van der Waals surface area contributed by atoms with Gasteiger partial charge < -0.3 is 30.6 Å². The predicted octanol–water partition coefficient (Wildman–Crippen LogP) is -3.59. The molecule has 0 amide bonds. The zero-order valence-electron chi connectivity index (χ0n) is 6.91. The van der Waals surface area contributed by atoms with E-state index in [1.165, 1.54) is 0 Å². The molecule has 0 aromatic carbocycles. The van der Waals surface area contributed by atoms with E-state index in [1.54, 1.807) is 0 Å². The van der Waals surface area contributed by atoms with Crippen LogP contribution in [0.5, 0.6) is 0 Å².